The first kappa shape index (κ1) is 19.9. The molecule has 0 fully saturated rings. The molecule has 28 heavy (non-hydrogen) atoms. The van der Waals surface area contributed by atoms with Crippen LogP contribution in [0.1, 0.15) is 48.9 Å². The molecule has 2 aromatic carbocycles. The van der Waals surface area contributed by atoms with Gasteiger partial charge in [0.15, 0.2) is 0 Å². The number of benzene rings is 2. The van der Waals surface area contributed by atoms with Crippen molar-refractivity contribution in [1.82, 2.24) is 0 Å². The number of nitrogens with zero attached hydrogens (tertiary/aromatic N) is 2. The zero-order chi connectivity index (χ0) is 19.6. The highest BCUT2D eigenvalue weighted by molar-refractivity contribution is 5.31. The molecule has 0 bridgehead atoms. The Hall–Kier alpha value is -2.88. The molecule has 0 saturated heterocycles. The topological polar surface area (TPSA) is 43.2 Å². The number of ether oxygens (including phenoxy) is 2. The molecule has 4 nitrogen and oxygen atoms in total. The van der Waals surface area contributed by atoms with Crippen LogP contribution < -0.4 is 9.47 Å². The lowest BCUT2D eigenvalue weighted by atomic mass is 10.0. The summed E-state index contributed by atoms with van der Waals surface area (Å²) in [6.07, 6.45) is 12.7. The van der Waals surface area contributed by atoms with Crippen LogP contribution in [0.2, 0.25) is 0 Å². The van der Waals surface area contributed by atoms with E-state index in [1.165, 1.54) is 0 Å². The Morgan fingerprint density at radius 3 is 1.36 bits per heavy atom. The number of azo groups is 1. The smallest absolute Gasteiger partial charge is 0.118 e. The second-order valence-electron chi connectivity index (χ2n) is 6.80. The van der Waals surface area contributed by atoms with E-state index in [-0.39, 0.29) is 12.1 Å². The van der Waals surface area contributed by atoms with Gasteiger partial charge in [0.25, 0.3) is 0 Å². The standard InChI is InChI=1S/C24H28N2O2/c1-27-21-15-11-19(12-16-21)23-9-7-5-3-4-6-8-10-24(26-25-23)20-13-17-22(28-2)18-14-20/h5-8,11-18,23-24H,3-4,9-10H2,1-2H3/b7-5+,8-6+,26-25?. The monoisotopic (exact) mass is 376 g/mol. The molecule has 1 heterocycles. The van der Waals surface area contributed by atoms with E-state index >= 15 is 0 Å². The molecule has 0 aliphatic carbocycles. The van der Waals surface area contributed by atoms with Crippen molar-refractivity contribution in [3.05, 3.63) is 84.0 Å². The van der Waals surface area contributed by atoms with Gasteiger partial charge in [0, 0.05) is 0 Å². The van der Waals surface area contributed by atoms with Crippen LogP contribution in [0.15, 0.2) is 83.1 Å². The normalized spacial score (nSPS) is 22.5. The SMILES string of the molecule is COc1ccc(C2C/C=C/CC/C=C/CC(c3ccc(OC)cc3)N=N2)cc1. The summed E-state index contributed by atoms with van der Waals surface area (Å²) in [5, 5.41) is 9.50. The molecule has 2 atom stereocenters. The molecule has 0 aromatic heterocycles. The Balaban J connectivity index is 1.87. The first-order valence-corrected chi connectivity index (χ1v) is 9.78. The Kier molecular flexibility index (Phi) is 7.42. The third-order valence-electron chi connectivity index (χ3n) is 4.90. The second kappa shape index (κ2) is 10.5. The van der Waals surface area contributed by atoms with Crippen LogP contribution in [-0.4, -0.2) is 14.2 Å². The van der Waals surface area contributed by atoms with Crippen LogP contribution >= 0.6 is 0 Å². The average Bonchev–Trinajstić information content (AvgIpc) is 2.74. The minimum Gasteiger partial charge on any atom is -0.497 e. The van der Waals surface area contributed by atoms with Crippen molar-refractivity contribution >= 4 is 0 Å². The maximum Gasteiger partial charge on any atom is 0.118 e. The van der Waals surface area contributed by atoms with Crippen molar-refractivity contribution in [2.75, 3.05) is 14.2 Å². The summed E-state index contributed by atoms with van der Waals surface area (Å²) in [5.41, 5.74) is 2.30. The molecule has 2 aromatic rings. The van der Waals surface area contributed by atoms with Crippen LogP contribution in [0.4, 0.5) is 0 Å². The summed E-state index contributed by atoms with van der Waals surface area (Å²) in [5.74, 6) is 1.70. The minimum absolute atomic E-state index is 0.00584. The zero-order valence-corrected chi connectivity index (χ0v) is 16.6. The lowest BCUT2D eigenvalue weighted by Crippen LogP contribution is -1.98. The van der Waals surface area contributed by atoms with Gasteiger partial charge >= 0.3 is 0 Å². The highest BCUT2D eigenvalue weighted by atomic mass is 16.5. The highest BCUT2D eigenvalue weighted by Gasteiger charge is 2.13. The average molecular weight is 377 g/mol. The third kappa shape index (κ3) is 5.56. The van der Waals surface area contributed by atoms with Gasteiger partial charge in [0.1, 0.15) is 11.5 Å². The summed E-state index contributed by atoms with van der Waals surface area (Å²) >= 11 is 0. The first-order valence-electron chi connectivity index (χ1n) is 9.78. The Labute approximate surface area is 167 Å². The van der Waals surface area contributed by atoms with Crippen LogP contribution in [0.25, 0.3) is 0 Å². The van der Waals surface area contributed by atoms with Gasteiger partial charge in [0.05, 0.1) is 26.3 Å². The maximum absolute atomic E-state index is 5.28. The summed E-state index contributed by atoms with van der Waals surface area (Å²) in [7, 11) is 3.36. The molecule has 0 amide bonds. The van der Waals surface area contributed by atoms with E-state index in [1.807, 2.05) is 24.3 Å². The third-order valence-corrected chi connectivity index (χ3v) is 4.90. The number of rotatable bonds is 4. The van der Waals surface area contributed by atoms with Crippen molar-refractivity contribution in [2.24, 2.45) is 10.2 Å². The van der Waals surface area contributed by atoms with Crippen molar-refractivity contribution < 1.29 is 9.47 Å². The zero-order valence-electron chi connectivity index (χ0n) is 16.6. The van der Waals surface area contributed by atoms with E-state index in [0.717, 1.165) is 48.3 Å². The van der Waals surface area contributed by atoms with Gasteiger partial charge in [-0.2, -0.15) is 10.2 Å². The predicted octanol–water partition coefficient (Wildman–Crippen LogP) is 6.62. The Bertz CT molecular complexity index is 738. The number of hydrogen-bond acceptors (Lipinski definition) is 4. The molecule has 3 rings (SSSR count). The van der Waals surface area contributed by atoms with Crippen molar-refractivity contribution in [1.29, 1.82) is 0 Å². The summed E-state index contributed by atoms with van der Waals surface area (Å²) in [4.78, 5) is 0. The van der Waals surface area contributed by atoms with E-state index < -0.39 is 0 Å². The van der Waals surface area contributed by atoms with Crippen molar-refractivity contribution in [3.63, 3.8) is 0 Å². The van der Waals surface area contributed by atoms with Gasteiger partial charge in [-0.3, -0.25) is 0 Å². The maximum atomic E-state index is 5.28. The van der Waals surface area contributed by atoms with Gasteiger partial charge in [-0.05, 0) is 61.1 Å². The van der Waals surface area contributed by atoms with E-state index in [4.69, 9.17) is 19.7 Å². The molecule has 1 aliphatic rings. The van der Waals surface area contributed by atoms with E-state index in [2.05, 4.69) is 48.6 Å². The summed E-state index contributed by atoms with van der Waals surface area (Å²) in [6.45, 7) is 0. The van der Waals surface area contributed by atoms with Crippen molar-refractivity contribution in [2.45, 2.75) is 37.8 Å². The second-order valence-corrected chi connectivity index (χ2v) is 6.80. The lowest BCUT2D eigenvalue weighted by Gasteiger charge is -2.15. The number of allylic oxidation sites excluding steroid dienone is 2. The van der Waals surface area contributed by atoms with Crippen LogP contribution in [0.3, 0.4) is 0 Å². The van der Waals surface area contributed by atoms with E-state index in [0.29, 0.717) is 0 Å². The summed E-state index contributed by atoms with van der Waals surface area (Å²) in [6, 6.07) is 16.2. The van der Waals surface area contributed by atoms with E-state index in [9.17, 15) is 0 Å². The molecule has 0 saturated carbocycles. The molecule has 4 heteroatoms. The molecule has 0 N–H and O–H groups in total. The van der Waals surface area contributed by atoms with Crippen LogP contribution in [0, 0.1) is 0 Å². The molecule has 0 radical (unpaired) electrons. The fourth-order valence-electron chi connectivity index (χ4n) is 3.19. The fraction of sp³-hybridized carbons (Fsp3) is 0.333. The molecular weight excluding hydrogens is 348 g/mol. The molecule has 2 unspecified atom stereocenters. The predicted molar refractivity (Wildman–Crippen MR) is 113 cm³/mol. The molecule has 146 valence electrons. The molecule has 0 spiro atoms. The number of methoxy groups -OCH3 is 2. The first-order chi connectivity index (χ1) is 13.8. The van der Waals surface area contributed by atoms with Crippen LogP contribution in [-0.2, 0) is 0 Å². The van der Waals surface area contributed by atoms with Crippen LogP contribution in [0.5, 0.6) is 11.5 Å². The minimum atomic E-state index is 0.00584. The Morgan fingerprint density at radius 2 is 1.00 bits per heavy atom. The summed E-state index contributed by atoms with van der Waals surface area (Å²) < 4.78 is 10.6. The quantitative estimate of drug-likeness (QED) is 0.562. The molecule has 1 aliphatic heterocycles. The fourth-order valence-corrected chi connectivity index (χ4v) is 3.19. The largest absolute Gasteiger partial charge is 0.497 e. The van der Waals surface area contributed by atoms with E-state index in [1.54, 1.807) is 14.2 Å². The Morgan fingerprint density at radius 1 is 0.607 bits per heavy atom. The van der Waals surface area contributed by atoms with Gasteiger partial charge in [-0.1, -0.05) is 48.6 Å². The van der Waals surface area contributed by atoms with Gasteiger partial charge in [0.2, 0.25) is 0 Å². The highest BCUT2D eigenvalue weighted by Crippen LogP contribution is 2.30. The van der Waals surface area contributed by atoms with Crippen molar-refractivity contribution in [3.8, 4) is 11.5 Å². The number of hydrogen-bond donors (Lipinski definition) is 0. The lowest BCUT2D eigenvalue weighted by molar-refractivity contribution is 0.414. The van der Waals surface area contributed by atoms with Gasteiger partial charge in [-0.15, -0.1) is 0 Å². The van der Waals surface area contributed by atoms with Gasteiger partial charge < -0.3 is 9.47 Å². The molecular formula is C24H28N2O2. The van der Waals surface area contributed by atoms with Gasteiger partial charge in [-0.25, -0.2) is 0 Å².